The van der Waals surface area contributed by atoms with Crippen LogP contribution in [-0.4, -0.2) is 34.3 Å². The quantitative estimate of drug-likeness (QED) is 0.807. The molecule has 2 fully saturated rings. The molecule has 0 aromatic heterocycles. The van der Waals surface area contributed by atoms with Crippen molar-refractivity contribution in [1.82, 2.24) is 10.2 Å². The van der Waals surface area contributed by atoms with E-state index in [1.807, 2.05) is 18.7 Å². The number of rotatable bonds is 4. The predicted molar refractivity (Wildman–Crippen MR) is 82.4 cm³/mol. The van der Waals surface area contributed by atoms with Gasteiger partial charge in [-0.25, -0.2) is 0 Å². The molecule has 4 nitrogen and oxygen atoms in total. The summed E-state index contributed by atoms with van der Waals surface area (Å²) in [5.74, 6) is 2.75. The fourth-order valence-electron chi connectivity index (χ4n) is 3.76. The lowest BCUT2D eigenvalue weighted by Crippen LogP contribution is -2.72. The molecule has 1 aliphatic heterocycles. The number of amides is 2. The zero-order valence-corrected chi connectivity index (χ0v) is 13.2. The number of piperazine rings is 1. The molecule has 1 heterocycles. The van der Waals surface area contributed by atoms with E-state index >= 15 is 0 Å². The van der Waals surface area contributed by atoms with Crippen molar-refractivity contribution >= 4 is 11.8 Å². The van der Waals surface area contributed by atoms with Crippen molar-refractivity contribution in [3.63, 3.8) is 0 Å². The molecule has 2 unspecified atom stereocenters. The maximum atomic E-state index is 13.1. The summed E-state index contributed by atoms with van der Waals surface area (Å²) in [4.78, 5) is 27.5. The number of hydrogen-bond acceptors (Lipinski definition) is 2. The monoisotopic (exact) mass is 290 g/mol. The van der Waals surface area contributed by atoms with E-state index in [9.17, 15) is 9.59 Å². The highest BCUT2D eigenvalue weighted by molar-refractivity contribution is 6.00. The summed E-state index contributed by atoms with van der Waals surface area (Å²) in [6.45, 7) is 3.98. The second kappa shape index (κ2) is 6.51. The van der Waals surface area contributed by atoms with Crippen LogP contribution in [-0.2, 0) is 9.59 Å². The van der Waals surface area contributed by atoms with Crippen LogP contribution in [0.4, 0.5) is 0 Å². The van der Waals surface area contributed by atoms with Crippen molar-refractivity contribution in [3.05, 3.63) is 0 Å². The molecular weight excluding hydrogens is 264 g/mol. The van der Waals surface area contributed by atoms with Crippen LogP contribution in [0.25, 0.3) is 0 Å². The fourth-order valence-corrected chi connectivity index (χ4v) is 3.76. The Bertz CT molecular complexity index is 446. The molecule has 1 saturated heterocycles. The first-order valence-electron chi connectivity index (χ1n) is 8.18. The molecule has 2 amide bonds. The predicted octanol–water partition coefficient (Wildman–Crippen LogP) is 2.23. The molecule has 1 spiro atoms. The van der Waals surface area contributed by atoms with Gasteiger partial charge in [-0.05, 0) is 25.7 Å². The summed E-state index contributed by atoms with van der Waals surface area (Å²) >= 11 is 0. The molecule has 1 aliphatic carbocycles. The number of carbonyl (C=O) groups is 2. The van der Waals surface area contributed by atoms with Gasteiger partial charge in [0.15, 0.2) is 0 Å². The number of carbonyl (C=O) groups excluding carboxylic acids is 2. The maximum absolute atomic E-state index is 13.1. The topological polar surface area (TPSA) is 49.4 Å². The Balaban J connectivity index is 2.34. The van der Waals surface area contributed by atoms with Crippen LogP contribution in [0.1, 0.15) is 65.2 Å². The van der Waals surface area contributed by atoms with E-state index in [4.69, 9.17) is 6.42 Å². The zero-order chi connectivity index (χ0) is 15.5. The first-order chi connectivity index (χ1) is 10.1. The number of terminal acetylenes is 1. The van der Waals surface area contributed by atoms with Crippen LogP contribution < -0.4 is 5.32 Å². The molecule has 21 heavy (non-hydrogen) atoms. The standard InChI is InChI=1S/C17H26N2O2/c1-4-10-13(5-2)19-14(6-3)15(20)18-17(16(19)21)11-8-7-9-12-17/h1,13-14H,5-12H2,2-3H3,(H,18,20). The Morgan fingerprint density at radius 2 is 2.00 bits per heavy atom. The van der Waals surface area contributed by atoms with Crippen molar-refractivity contribution in [2.45, 2.75) is 82.8 Å². The van der Waals surface area contributed by atoms with E-state index in [0.717, 1.165) is 38.5 Å². The zero-order valence-electron chi connectivity index (χ0n) is 13.2. The average molecular weight is 290 g/mol. The summed E-state index contributed by atoms with van der Waals surface area (Å²) in [5.41, 5.74) is -0.664. The Hall–Kier alpha value is -1.50. The summed E-state index contributed by atoms with van der Waals surface area (Å²) in [5, 5.41) is 3.05. The summed E-state index contributed by atoms with van der Waals surface area (Å²) in [6.07, 6.45) is 12.1. The van der Waals surface area contributed by atoms with Gasteiger partial charge in [0, 0.05) is 12.5 Å². The van der Waals surface area contributed by atoms with Crippen LogP contribution in [0.3, 0.4) is 0 Å². The van der Waals surface area contributed by atoms with Gasteiger partial charge in [-0.2, -0.15) is 0 Å². The molecular formula is C17H26N2O2. The van der Waals surface area contributed by atoms with Gasteiger partial charge < -0.3 is 10.2 Å². The Morgan fingerprint density at radius 1 is 1.33 bits per heavy atom. The fraction of sp³-hybridized carbons (Fsp3) is 0.765. The van der Waals surface area contributed by atoms with Gasteiger partial charge in [0.05, 0.1) is 0 Å². The largest absolute Gasteiger partial charge is 0.340 e. The van der Waals surface area contributed by atoms with E-state index < -0.39 is 5.54 Å². The number of nitrogens with one attached hydrogen (secondary N) is 1. The molecule has 0 aromatic carbocycles. The minimum absolute atomic E-state index is 0.00512. The molecule has 2 aliphatic rings. The van der Waals surface area contributed by atoms with Crippen LogP contribution in [0.2, 0.25) is 0 Å². The second-order valence-corrected chi connectivity index (χ2v) is 6.24. The minimum atomic E-state index is -0.664. The molecule has 4 heteroatoms. The van der Waals surface area contributed by atoms with E-state index in [2.05, 4.69) is 11.2 Å². The van der Waals surface area contributed by atoms with Gasteiger partial charge >= 0.3 is 0 Å². The molecule has 2 atom stereocenters. The van der Waals surface area contributed by atoms with Crippen LogP contribution >= 0.6 is 0 Å². The minimum Gasteiger partial charge on any atom is -0.340 e. The van der Waals surface area contributed by atoms with Crippen LogP contribution in [0, 0.1) is 12.3 Å². The molecule has 2 rings (SSSR count). The normalized spacial score (nSPS) is 26.3. The van der Waals surface area contributed by atoms with Gasteiger partial charge in [-0.15, -0.1) is 12.3 Å². The van der Waals surface area contributed by atoms with E-state index in [1.165, 1.54) is 0 Å². The van der Waals surface area contributed by atoms with Gasteiger partial charge in [0.1, 0.15) is 11.6 Å². The SMILES string of the molecule is C#CCC(CC)N1C(=O)C2(CCCCC2)NC(=O)C1CC. The van der Waals surface area contributed by atoms with Crippen LogP contribution in [0.5, 0.6) is 0 Å². The van der Waals surface area contributed by atoms with Crippen LogP contribution in [0.15, 0.2) is 0 Å². The molecule has 1 N–H and O–H groups in total. The van der Waals surface area contributed by atoms with Gasteiger partial charge in [0.2, 0.25) is 11.8 Å². The third-order valence-electron chi connectivity index (χ3n) is 4.96. The molecule has 0 aromatic rings. The van der Waals surface area contributed by atoms with Crippen molar-refractivity contribution in [2.24, 2.45) is 0 Å². The highest BCUT2D eigenvalue weighted by Crippen LogP contribution is 2.35. The van der Waals surface area contributed by atoms with Crippen molar-refractivity contribution in [2.75, 3.05) is 0 Å². The van der Waals surface area contributed by atoms with E-state index in [1.54, 1.807) is 0 Å². The molecule has 0 bridgehead atoms. The third-order valence-corrected chi connectivity index (χ3v) is 4.96. The number of nitrogens with zero attached hydrogens (tertiary/aromatic N) is 1. The molecule has 1 saturated carbocycles. The van der Waals surface area contributed by atoms with Crippen molar-refractivity contribution in [1.29, 1.82) is 0 Å². The number of hydrogen-bond donors (Lipinski definition) is 1. The lowest BCUT2D eigenvalue weighted by Gasteiger charge is -2.49. The van der Waals surface area contributed by atoms with E-state index in [-0.39, 0.29) is 23.9 Å². The maximum Gasteiger partial charge on any atom is 0.249 e. The second-order valence-electron chi connectivity index (χ2n) is 6.24. The van der Waals surface area contributed by atoms with Gasteiger partial charge in [-0.3, -0.25) is 9.59 Å². The van der Waals surface area contributed by atoms with Crippen molar-refractivity contribution in [3.8, 4) is 12.3 Å². The lowest BCUT2D eigenvalue weighted by atomic mass is 9.77. The van der Waals surface area contributed by atoms with Crippen molar-refractivity contribution < 1.29 is 9.59 Å². The summed E-state index contributed by atoms with van der Waals surface area (Å²) in [6, 6.07) is -0.402. The lowest BCUT2D eigenvalue weighted by molar-refractivity contribution is -0.159. The highest BCUT2D eigenvalue weighted by Gasteiger charge is 2.51. The Kier molecular flexibility index (Phi) is 4.92. The summed E-state index contributed by atoms with van der Waals surface area (Å²) in [7, 11) is 0. The highest BCUT2D eigenvalue weighted by atomic mass is 16.2. The van der Waals surface area contributed by atoms with Gasteiger partial charge in [0.25, 0.3) is 0 Å². The summed E-state index contributed by atoms with van der Waals surface area (Å²) < 4.78 is 0. The smallest absolute Gasteiger partial charge is 0.249 e. The Labute approximate surface area is 127 Å². The average Bonchev–Trinajstić information content (AvgIpc) is 2.49. The molecule has 0 radical (unpaired) electrons. The first-order valence-corrected chi connectivity index (χ1v) is 8.18. The van der Waals surface area contributed by atoms with E-state index in [0.29, 0.717) is 12.8 Å². The first kappa shape index (κ1) is 15.9. The Morgan fingerprint density at radius 3 is 2.52 bits per heavy atom. The molecule has 116 valence electrons. The van der Waals surface area contributed by atoms with Gasteiger partial charge in [-0.1, -0.05) is 33.1 Å². The third kappa shape index (κ3) is 2.79.